The number of benzene rings is 12. The number of nitrogens with zero attached hydrogens (tertiary/aromatic N) is 12. The summed E-state index contributed by atoms with van der Waals surface area (Å²) >= 11 is 0. The molecule has 0 aliphatic carbocycles. The summed E-state index contributed by atoms with van der Waals surface area (Å²) in [4.78, 5) is 70.2. The molecule has 12 aromatic carbocycles. The number of halogens is 2. The fourth-order valence-corrected chi connectivity index (χ4v) is 16.8. The van der Waals surface area contributed by atoms with E-state index in [4.69, 9.17) is 4.74 Å². The van der Waals surface area contributed by atoms with Crippen LogP contribution in [-0.2, 0) is 6.61 Å². The predicted octanol–water partition coefficient (Wildman–Crippen LogP) is 18.1. The average molecular weight is 1520 g/mol. The summed E-state index contributed by atoms with van der Waals surface area (Å²) < 4.78 is 39.9. The summed E-state index contributed by atoms with van der Waals surface area (Å²) in [6.45, 7) is 11.0. The van der Waals surface area contributed by atoms with Crippen LogP contribution in [0.25, 0.3) is 87.2 Å². The molecule has 4 aromatic heterocycles. The molecule has 4 saturated heterocycles. The van der Waals surface area contributed by atoms with Crippen LogP contribution in [0.5, 0.6) is 5.75 Å². The van der Waals surface area contributed by atoms with Gasteiger partial charge in [-0.2, -0.15) is 0 Å². The minimum Gasteiger partial charge on any atom is -0.495 e. The van der Waals surface area contributed by atoms with Crippen molar-refractivity contribution in [3.63, 3.8) is 0 Å². The molecule has 4 amide bonds. The smallest absolute Gasteiger partial charge is 0.329 e. The van der Waals surface area contributed by atoms with Crippen LogP contribution < -0.4 is 24.3 Å². The molecule has 4 aliphatic heterocycles. The zero-order valence-corrected chi connectivity index (χ0v) is 63.3. The van der Waals surface area contributed by atoms with E-state index in [1.807, 2.05) is 233 Å². The van der Waals surface area contributed by atoms with Gasteiger partial charge in [-0.05, 0) is 103 Å². The first-order valence-corrected chi connectivity index (χ1v) is 38.9. The number of hydrogen-bond donors (Lipinski definition) is 1. The van der Waals surface area contributed by atoms with Crippen LogP contribution in [0.3, 0.4) is 0 Å². The number of methoxy groups -OCH3 is 1. The number of anilines is 4. The first-order valence-electron chi connectivity index (χ1n) is 38.9. The molecule has 8 heterocycles. The number of para-hydroxylation sites is 11. The molecule has 16 aromatic rings. The topological polar surface area (TPSA) is 143 Å². The number of aliphatic hydroxyl groups excluding tert-OH is 1. The van der Waals surface area contributed by atoms with Gasteiger partial charge in [0.25, 0.3) is 0 Å². The molecular formula is C94H86F2N12O6. The monoisotopic (exact) mass is 1520 g/mol. The van der Waals surface area contributed by atoms with E-state index in [2.05, 4.69) is 87.5 Å². The third kappa shape index (κ3) is 14.4. The second-order valence-corrected chi connectivity index (χ2v) is 29.0. The maximum Gasteiger partial charge on any atom is 0.329 e. The zero-order valence-electron chi connectivity index (χ0n) is 63.3. The van der Waals surface area contributed by atoms with Crippen molar-refractivity contribution in [3.8, 4) is 5.75 Å². The summed E-state index contributed by atoms with van der Waals surface area (Å²) in [5, 5.41) is 18.2. The van der Waals surface area contributed by atoms with Gasteiger partial charge in [0, 0.05) is 171 Å². The molecule has 20 heteroatoms. The van der Waals surface area contributed by atoms with E-state index in [0.717, 1.165) is 168 Å². The first-order chi connectivity index (χ1) is 56.0. The first kappa shape index (κ1) is 73.3. The minimum absolute atomic E-state index is 0.0335. The van der Waals surface area contributed by atoms with Crippen LogP contribution in [0.2, 0.25) is 0 Å². The highest BCUT2D eigenvalue weighted by atomic mass is 19.1. The molecule has 0 bridgehead atoms. The lowest BCUT2D eigenvalue weighted by molar-refractivity contribution is 0.197. The maximum absolute atomic E-state index is 13.5. The highest BCUT2D eigenvalue weighted by molar-refractivity contribution is 6.16. The van der Waals surface area contributed by atoms with Gasteiger partial charge in [-0.15, -0.1) is 0 Å². The molecule has 0 saturated carbocycles. The lowest BCUT2D eigenvalue weighted by Crippen LogP contribution is -2.50. The Kier molecular flexibility index (Phi) is 20.9. The number of piperazine rings is 4. The van der Waals surface area contributed by atoms with Crippen LogP contribution in [0.4, 0.5) is 50.7 Å². The highest BCUT2D eigenvalue weighted by Crippen LogP contribution is 2.36. The molecule has 4 fully saturated rings. The summed E-state index contributed by atoms with van der Waals surface area (Å²) in [5.74, 6) is -0.317. The molecule has 20 rings (SSSR count). The van der Waals surface area contributed by atoms with E-state index in [9.17, 15) is 33.1 Å². The van der Waals surface area contributed by atoms with E-state index >= 15 is 0 Å². The molecule has 0 spiro atoms. The molecule has 1 N–H and O–H groups in total. The van der Waals surface area contributed by atoms with E-state index in [1.54, 1.807) is 16.6 Å². The van der Waals surface area contributed by atoms with Crippen molar-refractivity contribution in [2.45, 2.75) is 6.61 Å². The van der Waals surface area contributed by atoms with E-state index in [-0.39, 0.29) is 30.7 Å². The van der Waals surface area contributed by atoms with Crippen LogP contribution in [0.1, 0.15) is 5.56 Å². The molecule has 4 aliphatic rings. The van der Waals surface area contributed by atoms with Crippen molar-refractivity contribution >= 4 is 134 Å². The Morgan fingerprint density at radius 1 is 0.281 bits per heavy atom. The van der Waals surface area contributed by atoms with Crippen molar-refractivity contribution in [1.29, 1.82) is 0 Å². The Bertz CT molecular complexity index is 5990. The molecule has 114 heavy (non-hydrogen) atoms. The number of rotatable bonds is 6. The van der Waals surface area contributed by atoms with Gasteiger partial charge in [-0.1, -0.05) is 188 Å². The Morgan fingerprint density at radius 2 is 0.544 bits per heavy atom. The van der Waals surface area contributed by atoms with Crippen molar-refractivity contribution in [2.75, 3.05) is 131 Å². The largest absolute Gasteiger partial charge is 0.495 e. The van der Waals surface area contributed by atoms with Gasteiger partial charge in [0.15, 0.2) is 0 Å². The van der Waals surface area contributed by atoms with Gasteiger partial charge >= 0.3 is 24.1 Å². The molecule has 572 valence electrons. The second kappa shape index (κ2) is 32.5. The summed E-state index contributed by atoms with van der Waals surface area (Å²) in [6.07, 6.45) is 0. The highest BCUT2D eigenvalue weighted by Gasteiger charge is 2.31. The fourth-order valence-electron chi connectivity index (χ4n) is 16.8. The third-order valence-corrected chi connectivity index (χ3v) is 22.5. The summed E-state index contributed by atoms with van der Waals surface area (Å²) in [7, 11) is 1.70. The van der Waals surface area contributed by atoms with E-state index in [1.165, 1.54) is 17.8 Å². The van der Waals surface area contributed by atoms with Gasteiger partial charge < -0.3 is 49.0 Å². The Hall–Kier alpha value is -13.5. The summed E-state index contributed by atoms with van der Waals surface area (Å²) in [5.41, 5.74) is 12.4. The lowest BCUT2D eigenvalue weighted by Gasteiger charge is -2.36. The second-order valence-electron chi connectivity index (χ2n) is 29.0. The molecule has 0 unspecified atom stereocenters. The fraction of sp³-hybridized carbons (Fsp3) is 0.191. The van der Waals surface area contributed by atoms with Crippen LogP contribution in [-0.4, -0.2) is 179 Å². The van der Waals surface area contributed by atoms with Crippen LogP contribution in [0.15, 0.2) is 291 Å². The van der Waals surface area contributed by atoms with Crippen molar-refractivity contribution in [3.05, 3.63) is 308 Å². The average Bonchev–Trinajstić information content (AvgIpc) is 1.59. The number of aliphatic hydroxyl groups is 1. The van der Waals surface area contributed by atoms with Gasteiger partial charge in [-0.3, -0.25) is 18.3 Å². The van der Waals surface area contributed by atoms with Crippen LogP contribution in [0, 0.1) is 11.6 Å². The number of carbonyl (C=O) groups excluding carboxylic acids is 4. The van der Waals surface area contributed by atoms with Gasteiger partial charge in [0.05, 0.1) is 63.5 Å². The lowest BCUT2D eigenvalue weighted by atomic mass is 10.2. The normalized spacial score (nSPS) is 14.7. The number of carbonyl (C=O) groups is 4. The SMILES string of the molecule is COc1ccccc1N1CCN(C(=O)n2c3ccccc3c3ccccc32)CC1.O=C(N1CCN(c2cc(F)cc(F)c2)CC1)n1c2ccccc2c2ccccc21.O=C(N1CCN(c2cccc(CO)c2)CC1)n1c2ccccc2c2ccccc21.O=C(N1CCN(c2ccccc2)CC1)n1c2ccccc2c2ccccc21. The number of ether oxygens (including phenoxy) is 1. The van der Waals surface area contributed by atoms with Gasteiger partial charge in [0.1, 0.15) is 17.4 Å². The summed E-state index contributed by atoms with van der Waals surface area (Å²) in [6, 6.07) is 94.5. The molecular weight excluding hydrogens is 1430 g/mol. The number of aromatic nitrogens is 4. The van der Waals surface area contributed by atoms with E-state index < -0.39 is 11.6 Å². The van der Waals surface area contributed by atoms with Gasteiger partial charge in [-0.25, -0.2) is 28.0 Å². The Morgan fingerprint density at radius 3 is 0.860 bits per heavy atom. The third-order valence-electron chi connectivity index (χ3n) is 22.5. The zero-order chi connectivity index (χ0) is 77.8. The van der Waals surface area contributed by atoms with E-state index in [0.29, 0.717) is 58.0 Å². The number of hydrogen-bond acceptors (Lipinski definition) is 10. The van der Waals surface area contributed by atoms with Crippen LogP contribution >= 0.6 is 0 Å². The Labute approximate surface area is 658 Å². The quantitative estimate of drug-likeness (QED) is 0.171. The number of fused-ring (bicyclic) bond motifs is 12. The molecule has 0 atom stereocenters. The van der Waals surface area contributed by atoms with Crippen molar-refractivity contribution in [1.82, 2.24) is 37.9 Å². The standard InChI is InChI=1S/2C24H23N3O2.C23H19F2N3O.C23H21N3O/c1-29-23-13-7-6-12-22(23)25-14-16-26(17-15-25)24(28)27-20-10-4-2-8-18(20)19-9-3-5-11-21(19)27;28-17-18-6-5-7-19(16-18)25-12-14-26(15-13-25)24(29)27-22-10-3-1-8-20(22)21-9-2-4-11-23(21)27;24-16-13-17(25)15-18(14-16)26-9-11-27(12-10-26)23(29)28-21-7-3-1-5-19(21)20-6-2-4-8-22(20)28;27-23(25-16-14-24(15-17-25)18-8-2-1-3-9-18)26-21-12-6-4-10-19(21)20-11-5-7-13-22(20)26/h2-13H,14-17H2,1H3;1-11,16,28H,12-15,17H2;1-8,13-15H,9-12H2;1-13H,14-17H2. The van der Waals surface area contributed by atoms with Crippen molar-refractivity contribution in [2.24, 2.45) is 0 Å². The molecule has 0 radical (unpaired) electrons. The number of amides is 4. The maximum atomic E-state index is 13.5. The predicted molar refractivity (Wildman–Crippen MR) is 454 cm³/mol. The van der Waals surface area contributed by atoms with Gasteiger partial charge in [0.2, 0.25) is 0 Å². The molecule has 18 nitrogen and oxygen atoms in total. The van der Waals surface area contributed by atoms with Crippen molar-refractivity contribution < 1.29 is 37.8 Å². The Balaban J connectivity index is 0.000000110. The minimum atomic E-state index is -0.594.